The zero-order valence-corrected chi connectivity index (χ0v) is 7.97. The van der Waals surface area contributed by atoms with Gasteiger partial charge in [0.1, 0.15) is 9.84 Å². The predicted octanol–water partition coefficient (Wildman–Crippen LogP) is 1.28. The molecule has 12 heavy (non-hydrogen) atoms. The molecule has 0 saturated heterocycles. The minimum absolute atomic E-state index is 0.243. The highest BCUT2D eigenvalue weighted by atomic mass is 32.2. The number of hydrogen-bond acceptors (Lipinski definition) is 3. The van der Waals surface area contributed by atoms with E-state index in [9.17, 15) is 8.42 Å². The van der Waals surface area contributed by atoms with Gasteiger partial charge in [-0.25, -0.2) is 8.42 Å². The first-order chi connectivity index (χ1) is 5.56. The van der Waals surface area contributed by atoms with Gasteiger partial charge in [-0.1, -0.05) is 6.08 Å². The smallest absolute Gasteiger partial charge is 0.147 e. The fraction of sp³-hybridized carbons (Fsp3) is 0.625. The van der Waals surface area contributed by atoms with E-state index in [1.807, 2.05) is 6.07 Å². The van der Waals surface area contributed by atoms with Crippen molar-refractivity contribution in [3.63, 3.8) is 0 Å². The molecule has 0 bridgehead atoms. The molecular weight excluding hydrogens is 174 g/mol. The Hall–Kier alpha value is -0.820. The largest absolute Gasteiger partial charge is 0.229 e. The van der Waals surface area contributed by atoms with Crippen molar-refractivity contribution in [2.24, 2.45) is 0 Å². The van der Waals surface area contributed by atoms with Crippen molar-refractivity contribution in [2.75, 3.05) is 12.0 Å². The molecule has 0 saturated carbocycles. The lowest BCUT2D eigenvalue weighted by atomic mass is 10.2. The Kier molecular flexibility index (Phi) is 5.39. The maximum absolute atomic E-state index is 10.6. The van der Waals surface area contributed by atoms with Crippen LogP contribution in [0.3, 0.4) is 0 Å². The van der Waals surface area contributed by atoms with Gasteiger partial charge in [0.15, 0.2) is 0 Å². The monoisotopic (exact) mass is 187 g/mol. The van der Waals surface area contributed by atoms with E-state index in [0.29, 0.717) is 6.42 Å². The molecule has 0 aromatic carbocycles. The van der Waals surface area contributed by atoms with E-state index in [4.69, 9.17) is 5.26 Å². The molecule has 0 amide bonds. The molecule has 0 heterocycles. The van der Waals surface area contributed by atoms with Gasteiger partial charge in [0.25, 0.3) is 0 Å². The molecule has 68 valence electrons. The van der Waals surface area contributed by atoms with E-state index in [-0.39, 0.29) is 5.75 Å². The van der Waals surface area contributed by atoms with Crippen LogP contribution < -0.4 is 0 Å². The second-order valence-electron chi connectivity index (χ2n) is 2.66. The molecule has 0 aromatic rings. The first-order valence-electron chi connectivity index (χ1n) is 3.78. The number of unbranched alkanes of at least 4 members (excludes halogenated alkanes) is 2. The molecule has 0 rings (SSSR count). The molecule has 0 unspecified atom stereocenters. The van der Waals surface area contributed by atoms with Gasteiger partial charge in [0.2, 0.25) is 0 Å². The van der Waals surface area contributed by atoms with Crippen molar-refractivity contribution in [3.8, 4) is 6.07 Å². The summed E-state index contributed by atoms with van der Waals surface area (Å²) in [5.41, 5.74) is 0. The van der Waals surface area contributed by atoms with Crippen molar-refractivity contribution in [1.82, 2.24) is 0 Å². The highest BCUT2D eigenvalue weighted by Gasteiger charge is 1.99. The van der Waals surface area contributed by atoms with Crippen LogP contribution in [0.1, 0.15) is 19.3 Å². The third kappa shape index (κ3) is 9.18. The van der Waals surface area contributed by atoms with Crippen molar-refractivity contribution in [3.05, 3.63) is 12.2 Å². The molecule has 0 fully saturated rings. The molecule has 4 heteroatoms. The quantitative estimate of drug-likeness (QED) is 0.481. The zero-order chi connectivity index (χ0) is 9.45. The SMILES string of the molecule is CS(=O)(=O)CCCCC=CC#N. The van der Waals surface area contributed by atoms with Crippen LogP contribution in [0.15, 0.2) is 12.2 Å². The van der Waals surface area contributed by atoms with Crippen LogP contribution in [0.25, 0.3) is 0 Å². The Bertz CT molecular complexity index is 272. The highest BCUT2D eigenvalue weighted by Crippen LogP contribution is 1.99. The number of sulfone groups is 1. The van der Waals surface area contributed by atoms with E-state index in [0.717, 1.165) is 12.8 Å². The van der Waals surface area contributed by atoms with Crippen LogP contribution >= 0.6 is 0 Å². The van der Waals surface area contributed by atoms with Crippen LogP contribution in [0, 0.1) is 11.3 Å². The normalized spacial score (nSPS) is 11.7. The lowest BCUT2D eigenvalue weighted by Gasteiger charge is -1.94. The maximum Gasteiger partial charge on any atom is 0.147 e. The van der Waals surface area contributed by atoms with Crippen molar-refractivity contribution < 1.29 is 8.42 Å². The van der Waals surface area contributed by atoms with E-state index in [1.165, 1.54) is 12.3 Å². The molecule has 0 spiro atoms. The average molecular weight is 187 g/mol. The predicted molar refractivity (Wildman–Crippen MR) is 48.3 cm³/mol. The summed E-state index contributed by atoms with van der Waals surface area (Å²) in [6, 6.07) is 1.88. The lowest BCUT2D eigenvalue weighted by Crippen LogP contribution is -2.02. The Labute approximate surface area is 73.6 Å². The number of nitrogens with zero attached hydrogens (tertiary/aromatic N) is 1. The Morgan fingerprint density at radius 1 is 1.42 bits per heavy atom. The molecule has 0 aromatic heterocycles. The van der Waals surface area contributed by atoms with Crippen LogP contribution in [-0.2, 0) is 9.84 Å². The van der Waals surface area contributed by atoms with Crippen LogP contribution in [0.2, 0.25) is 0 Å². The molecule has 0 aliphatic heterocycles. The minimum atomic E-state index is -2.81. The van der Waals surface area contributed by atoms with Gasteiger partial charge in [0, 0.05) is 18.1 Å². The standard InChI is InChI=1S/C8H13NO2S/c1-12(10,11)8-6-4-2-3-5-7-9/h3,5H,2,4,6,8H2,1H3. The summed E-state index contributed by atoms with van der Waals surface area (Å²) in [6.07, 6.45) is 6.68. The van der Waals surface area contributed by atoms with Gasteiger partial charge in [-0.15, -0.1) is 0 Å². The number of nitriles is 1. The Morgan fingerprint density at radius 2 is 2.08 bits per heavy atom. The van der Waals surface area contributed by atoms with Crippen molar-refractivity contribution in [2.45, 2.75) is 19.3 Å². The summed E-state index contributed by atoms with van der Waals surface area (Å²) in [5.74, 6) is 0.243. The van der Waals surface area contributed by atoms with Gasteiger partial charge in [-0.05, 0) is 19.3 Å². The molecule has 0 atom stereocenters. The highest BCUT2D eigenvalue weighted by molar-refractivity contribution is 7.90. The summed E-state index contributed by atoms with van der Waals surface area (Å²) in [7, 11) is -2.81. The first kappa shape index (κ1) is 11.2. The summed E-state index contributed by atoms with van der Waals surface area (Å²) < 4.78 is 21.3. The zero-order valence-electron chi connectivity index (χ0n) is 7.16. The molecular formula is C8H13NO2S. The Morgan fingerprint density at radius 3 is 2.58 bits per heavy atom. The van der Waals surface area contributed by atoms with Gasteiger partial charge in [-0.3, -0.25) is 0 Å². The third-order valence-corrected chi connectivity index (χ3v) is 2.36. The van der Waals surface area contributed by atoms with E-state index in [2.05, 4.69) is 0 Å². The second kappa shape index (κ2) is 5.78. The Balaban J connectivity index is 3.36. The van der Waals surface area contributed by atoms with Crippen molar-refractivity contribution >= 4 is 9.84 Å². The van der Waals surface area contributed by atoms with Gasteiger partial charge in [0.05, 0.1) is 6.07 Å². The van der Waals surface area contributed by atoms with Gasteiger partial charge >= 0.3 is 0 Å². The fourth-order valence-corrected chi connectivity index (χ4v) is 1.49. The summed E-state index contributed by atoms with van der Waals surface area (Å²) >= 11 is 0. The van der Waals surface area contributed by atoms with Gasteiger partial charge in [-0.2, -0.15) is 5.26 Å². The summed E-state index contributed by atoms with van der Waals surface area (Å²) in [5, 5.41) is 8.12. The van der Waals surface area contributed by atoms with Crippen LogP contribution in [0.5, 0.6) is 0 Å². The molecule has 0 N–H and O–H groups in total. The fourth-order valence-electron chi connectivity index (χ4n) is 0.762. The number of hydrogen-bond donors (Lipinski definition) is 0. The third-order valence-electron chi connectivity index (χ3n) is 1.33. The van der Waals surface area contributed by atoms with Crippen LogP contribution in [-0.4, -0.2) is 20.4 Å². The van der Waals surface area contributed by atoms with Crippen molar-refractivity contribution in [1.29, 1.82) is 5.26 Å². The van der Waals surface area contributed by atoms with E-state index >= 15 is 0 Å². The topological polar surface area (TPSA) is 57.9 Å². The maximum atomic E-state index is 10.6. The molecule has 0 aliphatic rings. The van der Waals surface area contributed by atoms with Crippen LogP contribution in [0.4, 0.5) is 0 Å². The second-order valence-corrected chi connectivity index (χ2v) is 4.92. The number of rotatable bonds is 5. The lowest BCUT2D eigenvalue weighted by molar-refractivity contribution is 0.597. The average Bonchev–Trinajstić information content (AvgIpc) is 1.94. The minimum Gasteiger partial charge on any atom is -0.229 e. The molecule has 0 radical (unpaired) electrons. The molecule has 0 aliphatic carbocycles. The van der Waals surface area contributed by atoms with E-state index < -0.39 is 9.84 Å². The number of allylic oxidation sites excluding steroid dienone is 2. The summed E-state index contributed by atoms with van der Waals surface area (Å²) in [6.45, 7) is 0. The van der Waals surface area contributed by atoms with E-state index in [1.54, 1.807) is 6.08 Å². The molecule has 3 nitrogen and oxygen atoms in total. The summed E-state index contributed by atoms with van der Waals surface area (Å²) in [4.78, 5) is 0. The first-order valence-corrected chi connectivity index (χ1v) is 5.84. The van der Waals surface area contributed by atoms with Gasteiger partial charge < -0.3 is 0 Å².